The van der Waals surface area contributed by atoms with Crippen LogP contribution < -0.4 is 5.32 Å². The molecule has 0 spiro atoms. The van der Waals surface area contributed by atoms with E-state index in [9.17, 15) is 4.79 Å². The lowest BCUT2D eigenvalue weighted by atomic mass is 9.77. The third-order valence-electron chi connectivity index (χ3n) is 6.44. The second-order valence-electron chi connectivity index (χ2n) is 8.21. The van der Waals surface area contributed by atoms with Gasteiger partial charge in [-0.1, -0.05) is 36.6 Å². The number of benzene rings is 1. The third-order valence-corrected chi connectivity index (χ3v) is 6.69. The van der Waals surface area contributed by atoms with E-state index in [1.165, 1.54) is 19.4 Å². The van der Waals surface area contributed by atoms with Crippen molar-refractivity contribution in [1.82, 2.24) is 10.2 Å². The van der Waals surface area contributed by atoms with Crippen molar-refractivity contribution in [2.75, 3.05) is 19.6 Å². The van der Waals surface area contributed by atoms with Crippen LogP contribution in [0.15, 0.2) is 24.3 Å². The topological polar surface area (TPSA) is 32.3 Å². The Bertz CT molecular complexity index is 597. The highest BCUT2D eigenvalue weighted by atomic mass is 35.5. The average Bonchev–Trinajstić information content (AvgIpc) is 3.35. The number of amides is 1. The number of piperidine rings is 1. The van der Waals surface area contributed by atoms with Gasteiger partial charge in [0.25, 0.3) is 0 Å². The molecule has 1 aromatic rings. The minimum absolute atomic E-state index is 0.307. The lowest BCUT2D eigenvalue weighted by Crippen LogP contribution is -2.51. The summed E-state index contributed by atoms with van der Waals surface area (Å²) < 4.78 is 0. The zero-order valence-corrected chi connectivity index (χ0v) is 15.7. The Balaban J connectivity index is 1.42. The quantitative estimate of drug-likeness (QED) is 0.855. The van der Waals surface area contributed by atoms with Gasteiger partial charge in [0.2, 0.25) is 5.91 Å². The first-order valence-electron chi connectivity index (χ1n) is 9.96. The number of hydrogen-bond acceptors (Lipinski definition) is 2. The van der Waals surface area contributed by atoms with Gasteiger partial charge in [-0.25, -0.2) is 0 Å². The molecule has 0 atom stereocenters. The van der Waals surface area contributed by atoms with Crippen molar-refractivity contribution in [2.45, 2.75) is 62.8 Å². The van der Waals surface area contributed by atoms with E-state index in [0.29, 0.717) is 11.9 Å². The maximum atomic E-state index is 13.5. The fourth-order valence-electron chi connectivity index (χ4n) is 4.62. The van der Waals surface area contributed by atoms with Gasteiger partial charge in [0.15, 0.2) is 0 Å². The van der Waals surface area contributed by atoms with Gasteiger partial charge in [-0.05, 0) is 68.7 Å². The van der Waals surface area contributed by atoms with Gasteiger partial charge in [0.1, 0.15) is 0 Å². The Morgan fingerprint density at radius 3 is 2.32 bits per heavy atom. The minimum Gasteiger partial charge on any atom is -0.342 e. The molecule has 1 N–H and O–H groups in total. The van der Waals surface area contributed by atoms with Crippen LogP contribution in [-0.2, 0) is 10.2 Å². The fourth-order valence-corrected chi connectivity index (χ4v) is 4.74. The fraction of sp³-hybridized carbons (Fsp3) is 0.667. The van der Waals surface area contributed by atoms with Crippen molar-refractivity contribution in [1.29, 1.82) is 0 Å². The molecule has 4 rings (SSSR count). The molecule has 0 radical (unpaired) electrons. The molecule has 4 heteroatoms. The normalized spacial score (nSPS) is 23.8. The van der Waals surface area contributed by atoms with E-state index in [1.807, 2.05) is 12.1 Å². The van der Waals surface area contributed by atoms with E-state index in [1.54, 1.807) is 0 Å². The van der Waals surface area contributed by atoms with Crippen LogP contribution in [-0.4, -0.2) is 36.5 Å². The number of carbonyl (C=O) groups is 1. The van der Waals surface area contributed by atoms with Crippen LogP contribution in [0.2, 0.25) is 5.02 Å². The summed E-state index contributed by atoms with van der Waals surface area (Å²) in [5.41, 5.74) is 0.854. The van der Waals surface area contributed by atoms with Crippen molar-refractivity contribution in [3.8, 4) is 0 Å². The Morgan fingerprint density at radius 1 is 1.08 bits per heavy atom. The second kappa shape index (κ2) is 7.28. The molecule has 2 saturated carbocycles. The van der Waals surface area contributed by atoms with Crippen LogP contribution in [0.3, 0.4) is 0 Å². The van der Waals surface area contributed by atoms with Gasteiger partial charge in [-0.15, -0.1) is 0 Å². The van der Waals surface area contributed by atoms with Crippen molar-refractivity contribution in [3.63, 3.8) is 0 Å². The molecule has 136 valence electrons. The molecule has 1 heterocycles. The molecule has 3 aliphatic rings. The SMILES string of the molecule is O=C(N1CCC(NCC2CC2)CC1)C1(c2ccc(Cl)cc2)CCCC1. The number of hydrogen-bond donors (Lipinski definition) is 1. The smallest absolute Gasteiger partial charge is 0.233 e. The number of halogens is 1. The van der Waals surface area contributed by atoms with Crippen LogP contribution >= 0.6 is 11.6 Å². The maximum absolute atomic E-state index is 13.5. The Kier molecular flexibility index (Phi) is 5.06. The molecule has 3 nitrogen and oxygen atoms in total. The molecule has 0 unspecified atom stereocenters. The third kappa shape index (κ3) is 3.73. The molecule has 1 aliphatic heterocycles. The van der Waals surface area contributed by atoms with Gasteiger partial charge < -0.3 is 10.2 Å². The molecule has 25 heavy (non-hydrogen) atoms. The predicted octanol–water partition coefficient (Wildman–Crippen LogP) is 4.14. The maximum Gasteiger partial charge on any atom is 0.233 e. The largest absolute Gasteiger partial charge is 0.342 e. The van der Waals surface area contributed by atoms with Crippen molar-refractivity contribution in [2.24, 2.45) is 5.92 Å². The molecule has 3 fully saturated rings. The molecular weight excluding hydrogens is 332 g/mol. The lowest BCUT2D eigenvalue weighted by molar-refractivity contribution is -0.138. The van der Waals surface area contributed by atoms with E-state index >= 15 is 0 Å². The summed E-state index contributed by atoms with van der Waals surface area (Å²) in [6.07, 6.45) is 9.23. The summed E-state index contributed by atoms with van der Waals surface area (Å²) in [6.45, 7) is 2.97. The van der Waals surface area contributed by atoms with Gasteiger partial charge in [0, 0.05) is 24.2 Å². The molecule has 2 aliphatic carbocycles. The van der Waals surface area contributed by atoms with Crippen LogP contribution in [0.25, 0.3) is 0 Å². The highest BCUT2D eigenvalue weighted by Crippen LogP contribution is 2.43. The number of nitrogens with zero attached hydrogens (tertiary/aromatic N) is 1. The standard InChI is InChI=1S/C21H29ClN2O/c22-18-7-5-17(6-8-18)21(11-1-2-12-21)20(25)24-13-9-19(10-14-24)23-15-16-3-4-16/h5-8,16,19,23H,1-4,9-15H2. The van der Waals surface area contributed by atoms with Gasteiger partial charge in [-0.2, -0.15) is 0 Å². The molecular formula is C21H29ClN2O. The first kappa shape index (κ1) is 17.4. The van der Waals surface area contributed by atoms with Crippen LogP contribution in [0.5, 0.6) is 0 Å². The number of rotatable bonds is 5. The Hall–Kier alpha value is -1.06. The number of carbonyl (C=O) groups excluding carboxylic acids is 1. The minimum atomic E-state index is -0.307. The van der Waals surface area contributed by atoms with Gasteiger partial charge >= 0.3 is 0 Å². The average molecular weight is 361 g/mol. The van der Waals surface area contributed by atoms with Crippen LogP contribution in [0.1, 0.15) is 56.9 Å². The van der Waals surface area contributed by atoms with Crippen molar-refractivity contribution in [3.05, 3.63) is 34.9 Å². The van der Waals surface area contributed by atoms with E-state index in [4.69, 9.17) is 11.6 Å². The molecule has 1 amide bonds. The summed E-state index contributed by atoms with van der Waals surface area (Å²) in [5, 5.41) is 4.45. The van der Waals surface area contributed by atoms with Gasteiger partial charge in [0.05, 0.1) is 5.41 Å². The lowest BCUT2D eigenvalue weighted by Gasteiger charge is -2.39. The van der Waals surface area contributed by atoms with Crippen LogP contribution in [0.4, 0.5) is 0 Å². The summed E-state index contributed by atoms with van der Waals surface area (Å²) in [5.74, 6) is 1.28. The molecule has 1 aromatic carbocycles. The zero-order chi connectivity index (χ0) is 17.3. The summed E-state index contributed by atoms with van der Waals surface area (Å²) in [7, 11) is 0. The Morgan fingerprint density at radius 2 is 1.72 bits per heavy atom. The predicted molar refractivity (Wildman–Crippen MR) is 102 cm³/mol. The number of likely N-dealkylation sites (tertiary alicyclic amines) is 1. The van der Waals surface area contributed by atoms with Crippen LogP contribution in [0, 0.1) is 5.92 Å². The number of nitrogens with one attached hydrogen (secondary N) is 1. The van der Waals surface area contributed by atoms with E-state index in [-0.39, 0.29) is 5.41 Å². The summed E-state index contributed by atoms with van der Waals surface area (Å²) in [6, 6.07) is 8.58. The van der Waals surface area contributed by atoms with E-state index < -0.39 is 0 Å². The summed E-state index contributed by atoms with van der Waals surface area (Å²) >= 11 is 6.06. The monoisotopic (exact) mass is 360 g/mol. The van der Waals surface area contributed by atoms with E-state index in [2.05, 4.69) is 22.3 Å². The first-order chi connectivity index (χ1) is 12.2. The van der Waals surface area contributed by atoms with Crippen molar-refractivity contribution >= 4 is 17.5 Å². The van der Waals surface area contributed by atoms with Gasteiger partial charge in [-0.3, -0.25) is 4.79 Å². The highest BCUT2D eigenvalue weighted by molar-refractivity contribution is 6.30. The second-order valence-corrected chi connectivity index (χ2v) is 8.65. The summed E-state index contributed by atoms with van der Waals surface area (Å²) in [4.78, 5) is 15.6. The molecule has 0 bridgehead atoms. The zero-order valence-electron chi connectivity index (χ0n) is 15.0. The molecule has 0 aromatic heterocycles. The van der Waals surface area contributed by atoms with E-state index in [0.717, 1.165) is 68.1 Å². The Labute approximate surface area is 156 Å². The highest BCUT2D eigenvalue weighted by Gasteiger charge is 2.45. The molecule has 1 saturated heterocycles. The first-order valence-corrected chi connectivity index (χ1v) is 10.3. The van der Waals surface area contributed by atoms with Crippen molar-refractivity contribution < 1.29 is 4.79 Å².